The van der Waals surface area contributed by atoms with E-state index in [1.165, 1.54) is 5.69 Å². The summed E-state index contributed by atoms with van der Waals surface area (Å²) in [6.45, 7) is 3.18. The molecule has 3 heterocycles. The Bertz CT molecular complexity index is 1650. The maximum Gasteiger partial charge on any atom is 0.328 e. The maximum atomic E-state index is 9.12. The fourth-order valence-corrected chi connectivity index (χ4v) is 4.79. The van der Waals surface area contributed by atoms with Gasteiger partial charge in [-0.25, -0.2) is 0 Å². The molecule has 1 saturated heterocycles. The van der Waals surface area contributed by atoms with Crippen molar-refractivity contribution in [3.63, 3.8) is 0 Å². The molecule has 6 rings (SSSR count). The number of fused-ring (bicyclic) bond motifs is 1. The first-order chi connectivity index (χ1) is 19.1. The number of nitrogens with zero attached hydrogens (tertiary/aromatic N) is 7. The highest BCUT2D eigenvalue weighted by atomic mass is 79.9. The van der Waals surface area contributed by atoms with Crippen molar-refractivity contribution in [2.75, 3.05) is 41.3 Å². The number of nitrogens with one attached hydrogen (secondary N) is 1. The van der Waals surface area contributed by atoms with Gasteiger partial charge in [-0.05, 0) is 60.7 Å². The molecule has 0 amide bonds. The molecule has 3 aromatic carbocycles. The van der Waals surface area contributed by atoms with Gasteiger partial charge >= 0.3 is 6.01 Å². The van der Waals surface area contributed by atoms with E-state index < -0.39 is 0 Å². The summed E-state index contributed by atoms with van der Waals surface area (Å²) < 4.78 is 7.16. The van der Waals surface area contributed by atoms with Crippen LogP contribution in [-0.4, -0.2) is 46.1 Å². The molecule has 0 bridgehead atoms. The Morgan fingerprint density at radius 3 is 2.38 bits per heavy atom. The summed E-state index contributed by atoms with van der Waals surface area (Å²) in [5.74, 6) is 1.48. The van der Waals surface area contributed by atoms with Crippen molar-refractivity contribution in [2.45, 2.75) is 0 Å². The molecule has 1 aliphatic heterocycles. The fourth-order valence-electron chi connectivity index (χ4n) is 4.43. The number of piperazine rings is 1. The summed E-state index contributed by atoms with van der Waals surface area (Å²) in [4.78, 5) is 22.9. The largest absolute Gasteiger partial charge is 0.423 e. The van der Waals surface area contributed by atoms with E-state index in [-0.39, 0.29) is 6.01 Å². The lowest BCUT2D eigenvalue weighted by Crippen LogP contribution is -2.47. The van der Waals surface area contributed by atoms with Crippen LogP contribution in [0.25, 0.3) is 10.9 Å². The average molecular weight is 579 g/mol. The maximum absolute atomic E-state index is 9.12. The molecule has 1 N–H and O–H groups in total. The molecule has 0 radical (unpaired) electrons. The number of hydrogen-bond donors (Lipinski definition) is 1. The highest BCUT2D eigenvalue weighted by molar-refractivity contribution is 9.10. The highest BCUT2D eigenvalue weighted by Crippen LogP contribution is 2.31. The van der Waals surface area contributed by atoms with Crippen molar-refractivity contribution >= 4 is 50.1 Å². The van der Waals surface area contributed by atoms with Gasteiger partial charge in [0.2, 0.25) is 11.9 Å². The molecule has 5 aromatic rings. The molecule has 0 spiro atoms. The van der Waals surface area contributed by atoms with Gasteiger partial charge in [-0.15, -0.1) is 0 Å². The zero-order chi connectivity index (χ0) is 26.6. The van der Waals surface area contributed by atoms with Gasteiger partial charge < -0.3 is 19.9 Å². The van der Waals surface area contributed by atoms with Crippen LogP contribution >= 0.6 is 15.9 Å². The molecule has 0 saturated carbocycles. The molecule has 0 unspecified atom stereocenters. The number of aromatic nitrogens is 4. The second-order valence-corrected chi connectivity index (χ2v) is 9.85. The second-order valence-electron chi connectivity index (χ2n) is 8.94. The predicted octanol–water partition coefficient (Wildman–Crippen LogP) is 5.92. The van der Waals surface area contributed by atoms with Crippen molar-refractivity contribution in [3.8, 4) is 17.8 Å². The van der Waals surface area contributed by atoms with Crippen molar-refractivity contribution < 1.29 is 4.74 Å². The summed E-state index contributed by atoms with van der Waals surface area (Å²) in [6.07, 6.45) is 1.70. The standard InChI is InChI=1S/C29H23BrN8O/c30-21-8-11-25-24(18-21)26(12-13-32-25)39-29-35-27(33-22-9-6-20(19-31)7-10-22)34-28(36-29)38-16-14-37(15-17-38)23-4-2-1-3-5-23/h1-13,18H,14-17H2,(H,33,34,35,36). The van der Waals surface area contributed by atoms with E-state index in [4.69, 9.17) is 20.0 Å². The van der Waals surface area contributed by atoms with Crippen LogP contribution in [0.2, 0.25) is 0 Å². The van der Waals surface area contributed by atoms with Crippen molar-refractivity contribution in [3.05, 3.63) is 95.1 Å². The Kier molecular flexibility index (Phi) is 6.89. The van der Waals surface area contributed by atoms with Gasteiger partial charge in [0.25, 0.3) is 0 Å². The van der Waals surface area contributed by atoms with Gasteiger partial charge in [0.05, 0.1) is 17.1 Å². The first kappa shape index (κ1) is 24.6. The van der Waals surface area contributed by atoms with Crippen molar-refractivity contribution in [1.29, 1.82) is 5.26 Å². The number of anilines is 4. The van der Waals surface area contributed by atoms with E-state index in [0.717, 1.165) is 47.2 Å². The fraction of sp³-hybridized carbons (Fsp3) is 0.138. The number of pyridine rings is 1. The zero-order valence-corrected chi connectivity index (χ0v) is 22.4. The van der Waals surface area contributed by atoms with Crippen molar-refractivity contribution in [1.82, 2.24) is 19.9 Å². The Hall–Kier alpha value is -4.75. The number of para-hydroxylation sites is 1. The molecular weight excluding hydrogens is 556 g/mol. The minimum atomic E-state index is 0.175. The lowest BCUT2D eigenvalue weighted by molar-refractivity contribution is 0.444. The summed E-state index contributed by atoms with van der Waals surface area (Å²) >= 11 is 3.53. The monoisotopic (exact) mass is 578 g/mol. The molecule has 1 fully saturated rings. The third-order valence-electron chi connectivity index (χ3n) is 6.42. The third-order valence-corrected chi connectivity index (χ3v) is 6.92. The van der Waals surface area contributed by atoms with E-state index in [9.17, 15) is 0 Å². The zero-order valence-electron chi connectivity index (χ0n) is 20.8. The van der Waals surface area contributed by atoms with Gasteiger partial charge in [0.1, 0.15) is 5.75 Å². The van der Waals surface area contributed by atoms with E-state index in [1.807, 2.05) is 36.4 Å². The number of nitriles is 1. The van der Waals surface area contributed by atoms with Crippen LogP contribution in [-0.2, 0) is 0 Å². The molecule has 0 atom stereocenters. The lowest BCUT2D eigenvalue weighted by Gasteiger charge is -2.36. The van der Waals surface area contributed by atoms with E-state index in [0.29, 0.717) is 23.2 Å². The van der Waals surface area contributed by atoms with Crippen LogP contribution in [0.1, 0.15) is 5.56 Å². The first-order valence-electron chi connectivity index (χ1n) is 12.4. The second kappa shape index (κ2) is 10.9. The average Bonchev–Trinajstić information content (AvgIpc) is 2.98. The normalized spacial score (nSPS) is 13.2. The minimum absolute atomic E-state index is 0.175. The van der Waals surface area contributed by atoms with Crippen molar-refractivity contribution in [2.24, 2.45) is 0 Å². The SMILES string of the molecule is N#Cc1ccc(Nc2nc(Oc3ccnc4ccc(Br)cc34)nc(N3CCN(c4ccccc4)CC3)n2)cc1. The molecular formula is C29H23BrN8O. The quantitative estimate of drug-likeness (QED) is 0.263. The number of halogens is 1. The topological polar surface area (TPSA) is 103 Å². The van der Waals surface area contributed by atoms with Crippen LogP contribution in [0.4, 0.5) is 23.3 Å². The van der Waals surface area contributed by atoms with Gasteiger partial charge in [-0.1, -0.05) is 34.1 Å². The summed E-state index contributed by atoms with van der Waals surface area (Å²) in [6, 6.07) is 27.4. The summed E-state index contributed by atoms with van der Waals surface area (Å²) in [5.41, 5.74) is 3.34. The van der Waals surface area contributed by atoms with Crippen LogP contribution in [0, 0.1) is 11.3 Å². The number of benzene rings is 3. The minimum Gasteiger partial charge on any atom is -0.423 e. The molecule has 192 valence electrons. The Labute approximate surface area is 233 Å². The Balaban J connectivity index is 1.31. The Morgan fingerprint density at radius 2 is 1.62 bits per heavy atom. The third kappa shape index (κ3) is 5.58. The molecule has 10 heteroatoms. The molecule has 39 heavy (non-hydrogen) atoms. The van der Waals surface area contributed by atoms with Gasteiger partial charge in [0, 0.05) is 53.6 Å². The van der Waals surface area contributed by atoms with Crippen LogP contribution in [0.15, 0.2) is 89.5 Å². The number of ether oxygens (including phenoxy) is 1. The number of rotatable bonds is 6. The first-order valence-corrected chi connectivity index (χ1v) is 13.2. The van der Waals surface area contributed by atoms with Gasteiger partial charge in [-0.3, -0.25) is 4.98 Å². The van der Waals surface area contributed by atoms with Gasteiger partial charge in [-0.2, -0.15) is 20.2 Å². The molecule has 0 aliphatic carbocycles. The lowest BCUT2D eigenvalue weighted by atomic mass is 10.2. The van der Waals surface area contributed by atoms with Crippen LogP contribution in [0.3, 0.4) is 0 Å². The molecule has 2 aromatic heterocycles. The highest BCUT2D eigenvalue weighted by Gasteiger charge is 2.22. The molecule has 1 aliphatic rings. The van der Waals surface area contributed by atoms with Crippen LogP contribution in [0.5, 0.6) is 11.8 Å². The summed E-state index contributed by atoms with van der Waals surface area (Å²) in [7, 11) is 0. The summed E-state index contributed by atoms with van der Waals surface area (Å²) in [5, 5.41) is 13.2. The van der Waals surface area contributed by atoms with E-state index in [1.54, 1.807) is 24.4 Å². The molecule has 9 nitrogen and oxygen atoms in total. The smallest absolute Gasteiger partial charge is 0.328 e. The van der Waals surface area contributed by atoms with Gasteiger partial charge in [0.15, 0.2) is 0 Å². The Morgan fingerprint density at radius 1 is 0.846 bits per heavy atom. The van der Waals surface area contributed by atoms with E-state index >= 15 is 0 Å². The predicted molar refractivity (Wildman–Crippen MR) is 155 cm³/mol. The number of hydrogen-bond acceptors (Lipinski definition) is 9. The van der Waals surface area contributed by atoms with E-state index in [2.05, 4.69) is 71.3 Å². The van der Waals surface area contributed by atoms with Crippen LogP contribution < -0.4 is 19.9 Å².